The molecule has 0 amide bonds. The number of hydrogen-bond donors (Lipinski definition) is 0. The van der Waals surface area contributed by atoms with Gasteiger partial charge in [0.05, 0.1) is 11.0 Å². The Morgan fingerprint density at radius 1 is 0.780 bits per heavy atom. The van der Waals surface area contributed by atoms with Crippen molar-refractivity contribution < 1.29 is 0 Å². The summed E-state index contributed by atoms with van der Waals surface area (Å²) < 4.78 is 2.40. The van der Waals surface area contributed by atoms with Crippen LogP contribution < -0.4 is 15.5 Å². The van der Waals surface area contributed by atoms with Crippen LogP contribution in [-0.4, -0.2) is 4.57 Å². The van der Waals surface area contributed by atoms with E-state index in [1.807, 2.05) is 12.1 Å². The van der Waals surface area contributed by atoms with E-state index in [9.17, 15) is 0 Å². The molecule has 2 nitrogen and oxygen atoms in total. The first kappa shape index (κ1) is 30.9. The second-order valence-electron chi connectivity index (χ2n) is 12.8. The lowest BCUT2D eigenvalue weighted by Gasteiger charge is -2.25. The molecule has 8 rings (SSSR count). The van der Waals surface area contributed by atoms with Crippen molar-refractivity contribution in [2.24, 2.45) is 0 Å². The number of benzene rings is 4. The van der Waals surface area contributed by atoms with Crippen molar-refractivity contribution in [3.8, 4) is 5.69 Å². The van der Waals surface area contributed by atoms with Crippen LogP contribution in [0.15, 0.2) is 170 Å². The van der Waals surface area contributed by atoms with Crippen LogP contribution in [0.3, 0.4) is 0 Å². The molecule has 240 valence electrons. The third-order valence-electron chi connectivity index (χ3n) is 9.64. The van der Waals surface area contributed by atoms with Gasteiger partial charge >= 0.3 is 0 Å². The highest BCUT2D eigenvalue weighted by Gasteiger charge is 2.24. The minimum absolute atomic E-state index is 0.842. The molecule has 0 radical (unpaired) electrons. The average molecular weight is 643 g/mol. The summed E-state index contributed by atoms with van der Waals surface area (Å²) in [6.45, 7) is 10.9. The fourth-order valence-electron chi connectivity index (χ4n) is 7.20. The minimum atomic E-state index is 0.842. The number of aromatic nitrogens is 1. The molecule has 3 aliphatic rings. The molecular formula is C48H38N2. The van der Waals surface area contributed by atoms with Crippen molar-refractivity contribution in [1.29, 1.82) is 0 Å². The Labute approximate surface area is 294 Å². The van der Waals surface area contributed by atoms with Crippen LogP contribution in [0, 0.1) is 0 Å². The Morgan fingerprint density at radius 3 is 2.36 bits per heavy atom. The Balaban J connectivity index is 1.38. The summed E-state index contributed by atoms with van der Waals surface area (Å²) in [7, 11) is 0. The summed E-state index contributed by atoms with van der Waals surface area (Å²) in [4.78, 5) is 2.35. The smallest absolute Gasteiger partial charge is 0.0707 e. The molecule has 1 aromatic heterocycles. The van der Waals surface area contributed by atoms with E-state index in [-0.39, 0.29) is 0 Å². The summed E-state index contributed by atoms with van der Waals surface area (Å²) in [6.07, 6.45) is 25.1. The fraction of sp³-hybridized carbons (Fsp3) is 0.0417. The van der Waals surface area contributed by atoms with Gasteiger partial charge in [0.2, 0.25) is 0 Å². The predicted octanol–water partition coefficient (Wildman–Crippen LogP) is 10.6. The molecule has 50 heavy (non-hydrogen) atoms. The van der Waals surface area contributed by atoms with E-state index in [4.69, 9.17) is 0 Å². The molecule has 0 saturated heterocycles. The third-order valence-corrected chi connectivity index (χ3v) is 9.64. The Morgan fingerprint density at radius 2 is 1.54 bits per heavy atom. The number of allylic oxidation sites excluding steroid dienone is 9. The van der Waals surface area contributed by atoms with Gasteiger partial charge in [-0.15, -0.1) is 0 Å². The Hall–Kier alpha value is -6.38. The number of hydrogen-bond acceptors (Lipinski definition) is 1. The van der Waals surface area contributed by atoms with Crippen LogP contribution in [0.5, 0.6) is 0 Å². The van der Waals surface area contributed by atoms with Crippen molar-refractivity contribution in [3.05, 3.63) is 214 Å². The second kappa shape index (κ2) is 13.3. The number of fused-ring (bicyclic) bond motifs is 4. The van der Waals surface area contributed by atoms with Gasteiger partial charge < -0.3 is 9.47 Å². The normalized spacial score (nSPS) is 18.2. The molecule has 2 heterocycles. The zero-order valence-electron chi connectivity index (χ0n) is 28.3. The van der Waals surface area contributed by atoms with Gasteiger partial charge in [0.15, 0.2) is 0 Å². The summed E-state index contributed by atoms with van der Waals surface area (Å²) in [5, 5.41) is 2.26. The maximum Gasteiger partial charge on any atom is 0.0707 e. The highest BCUT2D eigenvalue weighted by atomic mass is 15.1. The van der Waals surface area contributed by atoms with E-state index >= 15 is 0 Å². The summed E-state index contributed by atoms with van der Waals surface area (Å²) in [5.41, 5.74) is 15.0. The molecule has 0 N–H and O–H groups in total. The van der Waals surface area contributed by atoms with Crippen molar-refractivity contribution in [1.82, 2.24) is 4.57 Å². The number of anilines is 1. The SMILES string of the molecule is C=C/C=C(\C=Cc1ccccc1)c1cccc(N2/C=c3\c(c4c(n3-c3ccccc3)/C=C\c3ccccc3/C(C)=C/4)=C/C(=C)C3=C2C=CC3)c1. The van der Waals surface area contributed by atoms with Crippen LogP contribution in [0.2, 0.25) is 0 Å². The van der Waals surface area contributed by atoms with Gasteiger partial charge in [-0.3, -0.25) is 0 Å². The van der Waals surface area contributed by atoms with Gasteiger partial charge in [0.25, 0.3) is 0 Å². The van der Waals surface area contributed by atoms with Crippen LogP contribution in [0.25, 0.3) is 53.4 Å². The molecule has 0 saturated carbocycles. The predicted molar refractivity (Wildman–Crippen MR) is 215 cm³/mol. The highest BCUT2D eigenvalue weighted by Crippen LogP contribution is 2.35. The largest absolute Gasteiger partial charge is 0.315 e. The van der Waals surface area contributed by atoms with Crippen LogP contribution in [-0.2, 0) is 0 Å². The third kappa shape index (κ3) is 5.71. The Kier molecular flexibility index (Phi) is 8.20. The number of rotatable bonds is 6. The van der Waals surface area contributed by atoms with Crippen molar-refractivity contribution in [2.45, 2.75) is 13.3 Å². The number of nitrogens with zero attached hydrogens (tertiary/aromatic N) is 2. The molecule has 2 aliphatic carbocycles. The van der Waals surface area contributed by atoms with Gasteiger partial charge in [-0.25, -0.2) is 0 Å². The maximum atomic E-state index is 4.67. The first-order chi connectivity index (χ1) is 24.6. The molecule has 0 bridgehead atoms. The molecule has 1 aliphatic heterocycles. The van der Waals surface area contributed by atoms with Gasteiger partial charge in [-0.1, -0.05) is 135 Å². The zero-order chi connectivity index (χ0) is 34.0. The molecule has 4 aromatic carbocycles. The quantitative estimate of drug-likeness (QED) is 0.167. The molecule has 0 unspecified atom stereocenters. The molecule has 0 fully saturated rings. The standard InChI is InChI=1S/C48H38N2/c1-4-15-37(27-26-36-16-7-5-8-17-36)39-19-13-22-41(32-39)49-33-48-45(31-35(3)43-24-14-25-46(43)49)44-30-34(2)42-23-12-11-18-38(42)28-29-47(44)50(48)40-20-9-6-10-21-40/h4-23,25-33H,1,3,24H2,2H3/b27-26?,29-28-,34-30+,37-15+,38-28?,42-34?,44-30?,45-31-,47-29?,48-33+. The summed E-state index contributed by atoms with van der Waals surface area (Å²) in [6, 6.07) is 38.5. The van der Waals surface area contributed by atoms with Crippen LogP contribution >= 0.6 is 0 Å². The molecule has 2 heteroatoms. The first-order valence-corrected chi connectivity index (χ1v) is 17.1. The first-order valence-electron chi connectivity index (χ1n) is 17.1. The van der Waals surface area contributed by atoms with Crippen molar-refractivity contribution >= 4 is 53.4 Å². The van der Waals surface area contributed by atoms with Crippen molar-refractivity contribution in [2.75, 3.05) is 4.90 Å². The summed E-state index contributed by atoms with van der Waals surface area (Å²) >= 11 is 0. The van der Waals surface area contributed by atoms with E-state index in [2.05, 4.69) is 194 Å². The molecule has 0 spiro atoms. The van der Waals surface area contributed by atoms with Crippen molar-refractivity contribution in [3.63, 3.8) is 0 Å². The lowest BCUT2D eigenvalue weighted by molar-refractivity contribution is 1.00. The molecule has 5 aromatic rings. The topological polar surface area (TPSA) is 8.17 Å². The monoisotopic (exact) mass is 642 g/mol. The van der Waals surface area contributed by atoms with Crippen LogP contribution in [0.4, 0.5) is 5.69 Å². The minimum Gasteiger partial charge on any atom is -0.315 e. The van der Waals surface area contributed by atoms with Crippen LogP contribution in [0.1, 0.15) is 46.9 Å². The molecular weight excluding hydrogens is 605 g/mol. The van der Waals surface area contributed by atoms with Gasteiger partial charge in [0, 0.05) is 34.1 Å². The van der Waals surface area contributed by atoms with Gasteiger partial charge in [0.1, 0.15) is 0 Å². The Bertz CT molecular complexity index is 2470. The number of para-hydroxylation sites is 1. The average Bonchev–Trinajstić information content (AvgIpc) is 3.73. The molecule has 0 atom stereocenters. The fourth-order valence-corrected chi connectivity index (χ4v) is 7.20. The van der Waals surface area contributed by atoms with Gasteiger partial charge in [-0.2, -0.15) is 0 Å². The van der Waals surface area contributed by atoms with E-state index < -0.39 is 0 Å². The lowest BCUT2D eigenvalue weighted by Crippen LogP contribution is -2.35. The zero-order valence-corrected chi connectivity index (χ0v) is 28.3. The highest BCUT2D eigenvalue weighted by molar-refractivity contribution is 5.92. The second-order valence-corrected chi connectivity index (χ2v) is 12.8. The van der Waals surface area contributed by atoms with E-state index in [1.165, 1.54) is 27.8 Å². The van der Waals surface area contributed by atoms with E-state index in [0.717, 1.165) is 62.0 Å². The van der Waals surface area contributed by atoms with Gasteiger partial charge in [-0.05, 0) is 106 Å². The van der Waals surface area contributed by atoms with E-state index in [0.29, 0.717) is 0 Å². The summed E-state index contributed by atoms with van der Waals surface area (Å²) in [5.74, 6) is 0. The van der Waals surface area contributed by atoms with E-state index in [1.54, 1.807) is 0 Å². The maximum absolute atomic E-state index is 4.67. The lowest BCUT2D eigenvalue weighted by atomic mass is 9.95.